The first-order valence-corrected chi connectivity index (χ1v) is 7.53. The van der Waals surface area contributed by atoms with Gasteiger partial charge in [0.05, 0.1) is 6.10 Å². The molecule has 3 rings (SSSR count). The van der Waals surface area contributed by atoms with E-state index in [1.54, 1.807) is 11.3 Å². The molecule has 0 amide bonds. The average molecular weight is 274 g/mol. The smallest absolute Gasteiger partial charge is 0.128 e. The lowest BCUT2D eigenvalue weighted by Crippen LogP contribution is -2.43. The second kappa shape index (κ2) is 5.31. The van der Waals surface area contributed by atoms with Crippen LogP contribution in [0.4, 0.5) is 5.82 Å². The van der Waals surface area contributed by atoms with Gasteiger partial charge >= 0.3 is 0 Å². The molecule has 0 bridgehead atoms. The Bertz CT molecular complexity index is 541. The molecule has 4 heteroatoms. The Hall–Kier alpha value is -1.39. The van der Waals surface area contributed by atoms with Crippen LogP contribution in [0.3, 0.4) is 0 Å². The highest BCUT2D eigenvalue weighted by molar-refractivity contribution is 7.07. The Labute approximate surface area is 117 Å². The number of morpholine rings is 1. The van der Waals surface area contributed by atoms with Gasteiger partial charge in [0.1, 0.15) is 11.9 Å². The van der Waals surface area contributed by atoms with Crippen LogP contribution in [-0.4, -0.2) is 24.2 Å². The van der Waals surface area contributed by atoms with Gasteiger partial charge in [-0.15, -0.1) is 0 Å². The van der Waals surface area contributed by atoms with Crippen molar-refractivity contribution < 1.29 is 4.74 Å². The predicted octanol–water partition coefficient (Wildman–Crippen LogP) is 3.42. The second-order valence-electron chi connectivity index (χ2n) is 5.03. The van der Waals surface area contributed by atoms with Crippen LogP contribution in [0, 0.1) is 6.92 Å². The minimum absolute atomic E-state index is 0.150. The molecule has 0 unspecified atom stereocenters. The van der Waals surface area contributed by atoms with Gasteiger partial charge in [-0.3, -0.25) is 0 Å². The Kier molecular flexibility index (Phi) is 3.53. The fourth-order valence-corrected chi connectivity index (χ4v) is 3.19. The van der Waals surface area contributed by atoms with Crippen LogP contribution in [-0.2, 0) is 4.74 Å². The van der Waals surface area contributed by atoms with Gasteiger partial charge < -0.3 is 9.64 Å². The number of pyridine rings is 1. The van der Waals surface area contributed by atoms with Crippen LogP contribution in [0.15, 0.2) is 35.0 Å². The van der Waals surface area contributed by atoms with E-state index in [1.165, 1.54) is 5.56 Å². The Morgan fingerprint density at radius 3 is 2.95 bits per heavy atom. The van der Waals surface area contributed by atoms with E-state index < -0.39 is 0 Å². The van der Waals surface area contributed by atoms with Gasteiger partial charge in [-0.2, -0.15) is 11.3 Å². The zero-order valence-corrected chi connectivity index (χ0v) is 12.1. The van der Waals surface area contributed by atoms with Crippen molar-refractivity contribution >= 4 is 17.2 Å². The molecule has 1 aliphatic heterocycles. The van der Waals surface area contributed by atoms with E-state index in [4.69, 9.17) is 4.74 Å². The molecule has 1 aliphatic rings. The molecular formula is C15H18N2OS. The number of anilines is 1. The summed E-state index contributed by atoms with van der Waals surface area (Å²) in [7, 11) is 0. The first kappa shape index (κ1) is 12.6. The summed E-state index contributed by atoms with van der Waals surface area (Å²) in [6.45, 7) is 5.93. The van der Waals surface area contributed by atoms with E-state index in [0.717, 1.165) is 24.6 Å². The largest absolute Gasteiger partial charge is 0.367 e. The number of aryl methyl sites for hydroxylation is 1. The van der Waals surface area contributed by atoms with Crippen molar-refractivity contribution in [2.24, 2.45) is 0 Å². The Morgan fingerprint density at radius 1 is 1.32 bits per heavy atom. The maximum atomic E-state index is 6.05. The van der Waals surface area contributed by atoms with E-state index in [2.05, 4.69) is 45.8 Å². The summed E-state index contributed by atoms with van der Waals surface area (Å²) in [5.41, 5.74) is 2.33. The highest BCUT2D eigenvalue weighted by Crippen LogP contribution is 2.29. The molecule has 1 fully saturated rings. The number of nitrogens with zero attached hydrogens (tertiary/aromatic N) is 2. The van der Waals surface area contributed by atoms with Crippen LogP contribution in [0.2, 0.25) is 0 Å². The molecule has 19 heavy (non-hydrogen) atoms. The van der Waals surface area contributed by atoms with Gasteiger partial charge in [0.2, 0.25) is 0 Å². The Morgan fingerprint density at radius 2 is 2.21 bits per heavy atom. The molecule has 3 heterocycles. The van der Waals surface area contributed by atoms with Crippen LogP contribution >= 0.6 is 11.3 Å². The average Bonchev–Trinajstić information content (AvgIpc) is 2.92. The predicted molar refractivity (Wildman–Crippen MR) is 78.8 cm³/mol. The van der Waals surface area contributed by atoms with Crippen molar-refractivity contribution in [1.82, 2.24) is 4.98 Å². The van der Waals surface area contributed by atoms with Gasteiger partial charge in [0.15, 0.2) is 0 Å². The molecular weight excluding hydrogens is 256 g/mol. The summed E-state index contributed by atoms with van der Waals surface area (Å²) in [6.07, 6.45) is 0.373. The monoisotopic (exact) mass is 274 g/mol. The lowest BCUT2D eigenvalue weighted by atomic mass is 10.1. The summed E-state index contributed by atoms with van der Waals surface area (Å²) in [4.78, 5) is 6.94. The third-order valence-corrected chi connectivity index (χ3v) is 4.07. The third-order valence-electron chi connectivity index (χ3n) is 3.37. The number of thiophene rings is 1. The van der Waals surface area contributed by atoms with Gasteiger partial charge in [-0.1, -0.05) is 6.07 Å². The molecule has 2 aromatic heterocycles. The van der Waals surface area contributed by atoms with Crippen LogP contribution in [0.25, 0.3) is 0 Å². The molecule has 2 aromatic rings. The lowest BCUT2D eigenvalue weighted by molar-refractivity contribution is -0.0174. The minimum atomic E-state index is 0.150. The van der Waals surface area contributed by atoms with E-state index in [0.29, 0.717) is 0 Å². The van der Waals surface area contributed by atoms with Crippen molar-refractivity contribution in [2.45, 2.75) is 26.1 Å². The maximum Gasteiger partial charge on any atom is 0.128 e. The number of aromatic nitrogens is 1. The van der Waals surface area contributed by atoms with Crippen LogP contribution in [0.1, 0.15) is 24.3 Å². The molecule has 0 aliphatic carbocycles. The molecule has 0 N–H and O–H groups in total. The topological polar surface area (TPSA) is 25.4 Å². The number of ether oxygens (including phenoxy) is 1. The summed E-state index contributed by atoms with van der Waals surface area (Å²) < 4.78 is 6.05. The van der Waals surface area contributed by atoms with Crippen molar-refractivity contribution in [3.8, 4) is 0 Å². The van der Waals surface area contributed by atoms with E-state index in [-0.39, 0.29) is 12.2 Å². The van der Waals surface area contributed by atoms with E-state index in [9.17, 15) is 0 Å². The summed E-state index contributed by atoms with van der Waals surface area (Å²) in [5.74, 6) is 1.05. The molecule has 1 saturated heterocycles. The first-order chi connectivity index (χ1) is 9.22. The van der Waals surface area contributed by atoms with Crippen molar-refractivity contribution in [2.75, 3.05) is 18.0 Å². The molecule has 100 valence electrons. The number of hydrogen-bond acceptors (Lipinski definition) is 4. The van der Waals surface area contributed by atoms with Crippen LogP contribution in [0.5, 0.6) is 0 Å². The molecule has 3 nitrogen and oxygen atoms in total. The molecule has 2 atom stereocenters. The van der Waals surface area contributed by atoms with Crippen molar-refractivity contribution in [1.29, 1.82) is 0 Å². The fourth-order valence-electron chi connectivity index (χ4n) is 2.49. The standard InChI is InChI=1S/C15H18N2OS/c1-11-4-3-5-15(16-11)17-8-12(2)18-14(9-17)13-6-7-19-10-13/h3-7,10,12,14H,8-9H2,1-2H3/t12-,14+/m1/s1. The molecule has 0 radical (unpaired) electrons. The van der Waals surface area contributed by atoms with Gasteiger partial charge in [-0.05, 0) is 48.4 Å². The van der Waals surface area contributed by atoms with Crippen LogP contribution < -0.4 is 4.90 Å². The summed E-state index contributed by atoms with van der Waals surface area (Å²) >= 11 is 1.72. The number of hydrogen-bond donors (Lipinski definition) is 0. The summed E-state index contributed by atoms with van der Waals surface area (Å²) in [5, 5.41) is 4.28. The maximum absolute atomic E-state index is 6.05. The number of rotatable bonds is 2. The van der Waals surface area contributed by atoms with Gasteiger partial charge in [-0.25, -0.2) is 4.98 Å². The van der Waals surface area contributed by atoms with Crippen molar-refractivity contribution in [3.63, 3.8) is 0 Å². The van der Waals surface area contributed by atoms with Gasteiger partial charge in [0.25, 0.3) is 0 Å². The molecule has 0 aromatic carbocycles. The molecule has 0 saturated carbocycles. The highest BCUT2D eigenvalue weighted by Gasteiger charge is 2.27. The highest BCUT2D eigenvalue weighted by atomic mass is 32.1. The third kappa shape index (κ3) is 2.80. The minimum Gasteiger partial charge on any atom is -0.367 e. The zero-order valence-electron chi connectivity index (χ0n) is 11.2. The fraction of sp³-hybridized carbons (Fsp3) is 0.400. The first-order valence-electron chi connectivity index (χ1n) is 6.58. The van der Waals surface area contributed by atoms with Gasteiger partial charge in [0, 0.05) is 18.8 Å². The van der Waals surface area contributed by atoms with E-state index >= 15 is 0 Å². The second-order valence-corrected chi connectivity index (χ2v) is 5.81. The lowest BCUT2D eigenvalue weighted by Gasteiger charge is -2.37. The zero-order chi connectivity index (χ0) is 13.2. The van der Waals surface area contributed by atoms with E-state index in [1.807, 2.05) is 13.0 Å². The van der Waals surface area contributed by atoms with Crippen molar-refractivity contribution in [3.05, 3.63) is 46.3 Å². The quantitative estimate of drug-likeness (QED) is 0.839. The SMILES string of the molecule is Cc1cccc(N2C[C@@H](C)O[C@H](c3ccsc3)C2)n1. The Balaban J connectivity index is 1.83. The normalized spacial score (nSPS) is 23.6. The summed E-state index contributed by atoms with van der Waals surface area (Å²) in [6, 6.07) is 8.33. The molecule has 0 spiro atoms.